The zero-order valence-corrected chi connectivity index (χ0v) is 20.2. The van der Waals surface area contributed by atoms with Gasteiger partial charge in [-0.15, -0.1) is 0 Å². The molecule has 9 nitrogen and oxygen atoms in total. The minimum Gasteiger partial charge on any atom is -0.390 e. The van der Waals surface area contributed by atoms with Crippen molar-refractivity contribution in [3.8, 4) is 0 Å². The molecule has 1 aromatic heterocycles. The first-order valence-electron chi connectivity index (χ1n) is 9.82. The van der Waals surface area contributed by atoms with Crippen LogP contribution in [0.15, 0.2) is 63.3 Å². The number of aryl methyl sites for hydroxylation is 1. The molecule has 3 rings (SSSR count). The summed E-state index contributed by atoms with van der Waals surface area (Å²) >= 11 is 7.69. The van der Waals surface area contributed by atoms with Crippen LogP contribution in [0.25, 0.3) is 0 Å². The number of carbonyl (C=O) groups is 1. The molecule has 0 bridgehead atoms. The van der Waals surface area contributed by atoms with Crippen LogP contribution in [-0.2, 0) is 16.6 Å². The summed E-state index contributed by atoms with van der Waals surface area (Å²) < 4.78 is 26.7. The van der Waals surface area contributed by atoms with Crippen molar-refractivity contribution in [1.29, 1.82) is 0 Å². The molecule has 0 unspecified atom stereocenters. The van der Waals surface area contributed by atoms with Crippen LogP contribution >= 0.6 is 23.4 Å². The molecular weight excluding hydrogens is 486 g/mol. The van der Waals surface area contributed by atoms with E-state index in [1.54, 1.807) is 43.3 Å². The normalized spacial score (nSPS) is 11.2. The minimum atomic E-state index is -4.03. The molecule has 0 radical (unpaired) electrons. The largest absolute Gasteiger partial charge is 0.390 e. The van der Waals surface area contributed by atoms with E-state index in [1.807, 2.05) is 11.6 Å². The van der Waals surface area contributed by atoms with Crippen molar-refractivity contribution in [2.45, 2.75) is 35.3 Å². The molecule has 0 atom stereocenters. The number of nitrogens with zero attached hydrogens (tertiary/aromatic N) is 2. The highest BCUT2D eigenvalue weighted by atomic mass is 35.5. The quantitative estimate of drug-likeness (QED) is 0.359. The van der Waals surface area contributed by atoms with Crippen LogP contribution in [0.4, 0.5) is 16.3 Å². The van der Waals surface area contributed by atoms with Gasteiger partial charge in [0.05, 0.1) is 27.9 Å². The zero-order valence-electron chi connectivity index (χ0n) is 17.8. The Morgan fingerprint density at radius 1 is 1.12 bits per heavy atom. The monoisotopic (exact) mass is 507 g/mol. The van der Waals surface area contributed by atoms with Crippen LogP contribution in [-0.4, -0.2) is 36.1 Å². The Labute approximate surface area is 201 Å². The van der Waals surface area contributed by atoms with E-state index in [0.29, 0.717) is 33.7 Å². The van der Waals surface area contributed by atoms with Crippen molar-refractivity contribution in [3.05, 3.63) is 64.9 Å². The Kier molecular flexibility index (Phi) is 8.14. The summed E-state index contributed by atoms with van der Waals surface area (Å²) in [7, 11) is -4.03. The number of carbonyl (C=O) groups excluding carboxylic acids is 1. The summed E-state index contributed by atoms with van der Waals surface area (Å²) in [4.78, 5) is 21.8. The van der Waals surface area contributed by atoms with Gasteiger partial charge in [-0.2, -0.15) is 0 Å². The summed E-state index contributed by atoms with van der Waals surface area (Å²) in [6.07, 6.45) is 0. The lowest BCUT2D eigenvalue weighted by atomic mass is 10.3. The molecule has 0 aliphatic rings. The van der Waals surface area contributed by atoms with Crippen LogP contribution in [0, 0.1) is 6.92 Å². The molecule has 174 valence electrons. The highest BCUT2D eigenvalue weighted by Crippen LogP contribution is 2.38. The van der Waals surface area contributed by atoms with Gasteiger partial charge in [-0.05, 0) is 38.1 Å². The third-order valence-electron chi connectivity index (χ3n) is 4.29. The number of aliphatic hydroxyl groups is 1. The molecule has 3 aromatic rings. The third-order valence-corrected chi connectivity index (χ3v) is 7.30. The van der Waals surface area contributed by atoms with Crippen molar-refractivity contribution >= 4 is 50.9 Å². The van der Waals surface area contributed by atoms with Crippen LogP contribution in [0.2, 0.25) is 5.02 Å². The molecule has 0 saturated carbocycles. The maximum absolute atomic E-state index is 12.3. The molecular formula is C21H22ClN5O4S2. The summed E-state index contributed by atoms with van der Waals surface area (Å²) in [5.41, 5.74) is 1.26. The second-order valence-electron chi connectivity index (χ2n) is 6.69. The fraction of sp³-hybridized carbons (Fsp3) is 0.190. The van der Waals surface area contributed by atoms with E-state index in [1.165, 1.54) is 23.9 Å². The van der Waals surface area contributed by atoms with E-state index in [9.17, 15) is 18.3 Å². The molecule has 12 heteroatoms. The van der Waals surface area contributed by atoms with E-state index in [2.05, 4.69) is 20.6 Å². The molecule has 2 amide bonds. The first-order chi connectivity index (χ1) is 15.7. The van der Waals surface area contributed by atoms with E-state index < -0.39 is 16.1 Å². The number of nitrogens with one attached hydrogen (secondary N) is 3. The Hall–Kier alpha value is -2.86. The molecule has 0 aliphatic carbocycles. The Morgan fingerprint density at radius 3 is 2.52 bits per heavy atom. The highest BCUT2D eigenvalue weighted by molar-refractivity contribution is 7.99. The molecule has 1 heterocycles. The third kappa shape index (κ3) is 6.14. The number of hydrogen-bond acceptors (Lipinski definition) is 8. The molecule has 0 spiro atoms. The summed E-state index contributed by atoms with van der Waals surface area (Å²) in [6.45, 7) is 4.05. The lowest BCUT2D eigenvalue weighted by molar-refractivity contribution is 0.256. The topological polar surface area (TPSA) is 133 Å². The van der Waals surface area contributed by atoms with Gasteiger partial charge in [-0.25, -0.2) is 27.9 Å². The van der Waals surface area contributed by atoms with E-state index in [0.717, 1.165) is 0 Å². The standard InChI is InChI=1S/C21H22ClN5O4S2/c1-3-23-19-16(12-28)25-20(13(2)24-19)32-17-11-7-10-15(18(17)22)26-21(29)27-33(30,31)14-8-5-4-6-9-14/h4-11,28H,3,12H2,1-2H3,(H,23,24)(H2,26,27,29). The van der Waals surface area contributed by atoms with Gasteiger partial charge in [0.2, 0.25) is 0 Å². The molecule has 2 aromatic carbocycles. The first-order valence-corrected chi connectivity index (χ1v) is 12.5. The van der Waals surface area contributed by atoms with Gasteiger partial charge in [0.15, 0.2) is 5.82 Å². The van der Waals surface area contributed by atoms with Gasteiger partial charge in [-0.3, -0.25) is 0 Å². The predicted octanol–water partition coefficient (Wildman–Crippen LogP) is 4.02. The smallest absolute Gasteiger partial charge is 0.333 e. The minimum absolute atomic E-state index is 0.0368. The summed E-state index contributed by atoms with van der Waals surface area (Å²) in [5, 5.41) is 15.9. The van der Waals surface area contributed by atoms with Crippen LogP contribution < -0.4 is 15.4 Å². The van der Waals surface area contributed by atoms with Crippen molar-refractivity contribution < 1.29 is 18.3 Å². The Bertz CT molecular complexity index is 1260. The average Bonchev–Trinajstić information content (AvgIpc) is 2.78. The second kappa shape index (κ2) is 10.8. The number of aromatic nitrogens is 2. The Balaban J connectivity index is 1.79. The maximum Gasteiger partial charge on any atom is 0.333 e. The molecule has 0 aliphatic heterocycles. The van der Waals surface area contributed by atoms with Gasteiger partial charge in [0.1, 0.15) is 10.7 Å². The maximum atomic E-state index is 12.3. The van der Waals surface area contributed by atoms with Gasteiger partial charge < -0.3 is 15.7 Å². The van der Waals surface area contributed by atoms with Crippen LogP contribution in [0.5, 0.6) is 0 Å². The summed E-state index contributed by atoms with van der Waals surface area (Å²) in [5.74, 6) is 0.514. The van der Waals surface area contributed by atoms with E-state index in [4.69, 9.17) is 11.6 Å². The SMILES string of the molecule is CCNc1nc(C)c(Sc2cccc(NC(=O)NS(=O)(=O)c3ccccc3)c2Cl)nc1CO. The van der Waals surface area contributed by atoms with Crippen molar-refractivity contribution in [1.82, 2.24) is 14.7 Å². The van der Waals surface area contributed by atoms with E-state index >= 15 is 0 Å². The van der Waals surface area contributed by atoms with Gasteiger partial charge in [0, 0.05) is 11.4 Å². The van der Waals surface area contributed by atoms with E-state index in [-0.39, 0.29) is 22.2 Å². The number of benzene rings is 2. The molecule has 0 saturated heterocycles. The Morgan fingerprint density at radius 2 is 1.85 bits per heavy atom. The van der Waals surface area contributed by atoms with Crippen LogP contribution in [0.3, 0.4) is 0 Å². The first kappa shape index (κ1) is 24.8. The lowest BCUT2D eigenvalue weighted by Crippen LogP contribution is -2.34. The van der Waals surface area contributed by atoms with Crippen molar-refractivity contribution in [2.24, 2.45) is 0 Å². The molecule has 4 N–H and O–H groups in total. The predicted molar refractivity (Wildman–Crippen MR) is 128 cm³/mol. The van der Waals surface area contributed by atoms with Gasteiger partial charge >= 0.3 is 6.03 Å². The fourth-order valence-corrected chi connectivity index (χ4v) is 4.89. The number of anilines is 2. The number of rotatable bonds is 8. The second-order valence-corrected chi connectivity index (χ2v) is 9.78. The number of sulfonamides is 1. The fourth-order valence-electron chi connectivity index (χ4n) is 2.77. The zero-order chi connectivity index (χ0) is 24.0. The van der Waals surface area contributed by atoms with Crippen molar-refractivity contribution in [3.63, 3.8) is 0 Å². The highest BCUT2D eigenvalue weighted by Gasteiger charge is 2.19. The lowest BCUT2D eigenvalue weighted by Gasteiger charge is -2.14. The van der Waals surface area contributed by atoms with Gasteiger partial charge in [-0.1, -0.05) is 47.6 Å². The summed E-state index contributed by atoms with van der Waals surface area (Å²) in [6, 6.07) is 11.5. The number of halogens is 1. The molecule has 0 fully saturated rings. The molecule has 33 heavy (non-hydrogen) atoms. The number of amides is 2. The number of hydrogen-bond donors (Lipinski definition) is 4. The average molecular weight is 508 g/mol. The number of urea groups is 1. The van der Waals surface area contributed by atoms with Crippen molar-refractivity contribution in [2.75, 3.05) is 17.2 Å². The number of aliphatic hydroxyl groups excluding tert-OH is 1. The van der Waals surface area contributed by atoms with Gasteiger partial charge in [0.25, 0.3) is 10.0 Å². The van der Waals surface area contributed by atoms with Crippen LogP contribution in [0.1, 0.15) is 18.3 Å².